The minimum Gasteiger partial charge on any atom is -0.463 e. The summed E-state index contributed by atoms with van der Waals surface area (Å²) in [6, 6.07) is 4.98. The lowest BCUT2D eigenvalue weighted by Gasteiger charge is -2.30. The molecule has 1 aromatic carbocycles. The first-order valence-corrected chi connectivity index (χ1v) is 11.7. The molecule has 3 rings (SSSR count). The number of thiazole rings is 1. The molecule has 1 amide bonds. The minimum atomic E-state index is -0.562. The van der Waals surface area contributed by atoms with Crippen LogP contribution in [-0.2, 0) is 20.9 Å². The second-order valence-corrected chi connectivity index (χ2v) is 9.37. The molecule has 0 spiro atoms. The molecule has 2 heterocycles. The molecule has 166 valence electrons. The largest absolute Gasteiger partial charge is 0.463 e. The number of likely N-dealkylation sites (tertiary alicyclic amines) is 1. The van der Waals surface area contributed by atoms with Crippen molar-refractivity contribution in [3.05, 3.63) is 53.4 Å². The van der Waals surface area contributed by atoms with Gasteiger partial charge in [0.25, 0.3) is 5.56 Å². The number of hydrogen-bond donors (Lipinski definition) is 0. The molecule has 0 radical (unpaired) electrons. The van der Waals surface area contributed by atoms with E-state index in [0.717, 1.165) is 24.2 Å². The van der Waals surface area contributed by atoms with Crippen molar-refractivity contribution in [3.63, 3.8) is 0 Å². The smallest absolute Gasteiger partial charge is 0.333 e. The Balaban J connectivity index is 2.02. The van der Waals surface area contributed by atoms with E-state index in [9.17, 15) is 14.4 Å². The second-order valence-electron chi connectivity index (χ2n) is 7.47. The zero-order valence-electron chi connectivity index (χ0n) is 17.4. The van der Waals surface area contributed by atoms with E-state index in [1.54, 1.807) is 36.1 Å². The third-order valence-corrected chi connectivity index (χ3v) is 6.77. The molecule has 0 saturated carbocycles. The molecule has 31 heavy (non-hydrogen) atoms. The van der Waals surface area contributed by atoms with E-state index in [4.69, 9.17) is 27.9 Å². The SMILES string of the molecule is CCOC(=O)C=c1sc(=Cc2ccc(Cl)cc2Cl)c(=O)n1CC(=O)N1CCC(C)CC1. The fourth-order valence-electron chi connectivity index (χ4n) is 3.33. The first-order valence-electron chi connectivity index (χ1n) is 10.1. The number of aromatic nitrogens is 1. The molecule has 1 fully saturated rings. The van der Waals surface area contributed by atoms with Crippen LogP contribution >= 0.6 is 34.5 Å². The number of piperidine rings is 1. The topological polar surface area (TPSA) is 68.6 Å². The Labute approximate surface area is 194 Å². The molecule has 0 aliphatic carbocycles. The highest BCUT2D eigenvalue weighted by atomic mass is 35.5. The van der Waals surface area contributed by atoms with Crippen molar-refractivity contribution in [2.45, 2.75) is 33.2 Å². The van der Waals surface area contributed by atoms with Gasteiger partial charge in [0.1, 0.15) is 11.2 Å². The van der Waals surface area contributed by atoms with Crippen LogP contribution in [0, 0.1) is 5.92 Å². The molecular weight excluding hydrogens is 459 g/mol. The number of carbonyl (C=O) groups excluding carboxylic acids is 2. The van der Waals surface area contributed by atoms with Gasteiger partial charge < -0.3 is 9.64 Å². The molecule has 1 saturated heterocycles. The lowest BCUT2D eigenvalue weighted by Crippen LogP contribution is -2.43. The van der Waals surface area contributed by atoms with Crippen LogP contribution in [0.1, 0.15) is 32.3 Å². The summed E-state index contributed by atoms with van der Waals surface area (Å²) in [5.41, 5.74) is 0.265. The van der Waals surface area contributed by atoms with Gasteiger partial charge in [-0.3, -0.25) is 14.2 Å². The van der Waals surface area contributed by atoms with E-state index in [1.807, 2.05) is 0 Å². The summed E-state index contributed by atoms with van der Waals surface area (Å²) in [6.07, 6.45) is 4.78. The summed E-state index contributed by atoms with van der Waals surface area (Å²) in [5, 5.41) is 0.893. The highest BCUT2D eigenvalue weighted by Crippen LogP contribution is 2.21. The van der Waals surface area contributed by atoms with Crippen LogP contribution < -0.4 is 14.8 Å². The van der Waals surface area contributed by atoms with Crippen LogP contribution in [-0.4, -0.2) is 41.0 Å². The standard InChI is InChI=1S/C22H24Cl2N2O4S/c1-3-30-21(28)12-20-26(13-19(27)25-8-6-14(2)7-9-25)22(29)18(31-20)10-15-4-5-16(23)11-17(15)24/h4-5,10-12,14H,3,6-9,13H2,1-2H3. The van der Waals surface area contributed by atoms with Crippen molar-refractivity contribution in [3.8, 4) is 0 Å². The number of halogens is 2. The minimum absolute atomic E-state index is 0.128. The molecule has 6 nitrogen and oxygen atoms in total. The Bertz CT molecular complexity index is 1150. The van der Waals surface area contributed by atoms with Gasteiger partial charge in [0.2, 0.25) is 5.91 Å². The molecular formula is C22H24Cl2N2O4S. The van der Waals surface area contributed by atoms with Gasteiger partial charge in [-0.05, 0) is 49.5 Å². The van der Waals surface area contributed by atoms with Crippen molar-refractivity contribution < 1.29 is 14.3 Å². The maximum Gasteiger partial charge on any atom is 0.333 e. The predicted octanol–water partition coefficient (Wildman–Crippen LogP) is 2.65. The van der Waals surface area contributed by atoms with E-state index >= 15 is 0 Å². The van der Waals surface area contributed by atoms with E-state index in [0.29, 0.717) is 43.8 Å². The summed E-state index contributed by atoms with van der Waals surface area (Å²) < 4.78 is 7.04. The maximum atomic E-state index is 13.1. The molecule has 0 bridgehead atoms. The molecule has 0 atom stereocenters. The van der Waals surface area contributed by atoms with Gasteiger partial charge in [-0.25, -0.2) is 4.79 Å². The molecule has 1 aromatic heterocycles. The van der Waals surface area contributed by atoms with Gasteiger partial charge in [0.05, 0.1) is 17.2 Å². The first-order chi connectivity index (χ1) is 14.8. The second kappa shape index (κ2) is 10.5. The van der Waals surface area contributed by atoms with Crippen LogP contribution in [0.3, 0.4) is 0 Å². The average Bonchev–Trinajstić information content (AvgIpc) is 2.99. The summed E-state index contributed by atoms with van der Waals surface area (Å²) in [4.78, 5) is 39.8. The van der Waals surface area contributed by atoms with Gasteiger partial charge in [-0.15, -0.1) is 11.3 Å². The first kappa shape index (κ1) is 23.6. The van der Waals surface area contributed by atoms with Gasteiger partial charge >= 0.3 is 5.97 Å². The van der Waals surface area contributed by atoms with Crippen molar-refractivity contribution in [2.24, 2.45) is 5.92 Å². The van der Waals surface area contributed by atoms with Gasteiger partial charge in [0.15, 0.2) is 0 Å². The van der Waals surface area contributed by atoms with E-state index in [1.165, 1.54) is 10.6 Å². The van der Waals surface area contributed by atoms with Crippen molar-refractivity contribution >= 4 is 58.6 Å². The monoisotopic (exact) mass is 482 g/mol. The number of esters is 1. The zero-order chi connectivity index (χ0) is 22.5. The third kappa shape index (κ3) is 5.99. The van der Waals surface area contributed by atoms with Crippen molar-refractivity contribution in [1.29, 1.82) is 0 Å². The van der Waals surface area contributed by atoms with Crippen LogP contribution in [0.5, 0.6) is 0 Å². The predicted molar refractivity (Wildman–Crippen MR) is 124 cm³/mol. The Hall–Kier alpha value is -2.09. The molecule has 1 aliphatic rings. The van der Waals surface area contributed by atoms with E-state index in [-0.39, 0.29) is 24.6 Å². The van der Waals surface area contributed by atoms with E-state index < -0.39 is 5.97 Å². The third-order valence-electron chi connectivity index (χ3n) is 5.14. The average molecular weight is 483 g/mol. The Morgan fingerprint density at radius 2 is 1.97 bits per heavy atom. The van der Waals surface area contributed by atoms with Crippen LogP contribution in [0.2, 0.25) is 10.0 Å². The number of carbonyl (C=O) groups is 2. The van der Waals surface area contributed by atoms with E-state index in [2.05, 4.69) is 6.92 Å². The summed E-state index contributed by atoms with van der Waals surface area (Å²) in [5.74, 6) is -0.111. The summed E-state index contributed by atoms with van der Waals surface area (Å²) in [6.45, 7) is 5.31. The molecule has 0 unspecified atom stereocenters. The fourth-order valence-corrected chi connectivity index (χ4v) is 4.82. The lowest BCUT2D eigenvalue weighted by molar-refractivity contribution is -0.136. The highest BCUT2D eigenvalue weighted by Gasteiger charge is 2.21. The number of benzene rings is 1. The molecule has 1 aliphatic heterocycles. The fraction of sp³-hybridized carbons (Fsp3) is 0.409. The summed E-state index contributed by atoms with van der Waals surface area (Å²) in [7, 11) is 0. The Morgan fingerprint density at radius 1 is 1.26 bits per heavy atom. The van der Waals surface area contributed by atoms with Crippen LogP contribution in [0.25, 0.3) is 12.2 Å². The number of hydrogen-bond acceptors (Lipinski definition) is 5. The van der Waals surface area contributed by atoms with Gasteiger partial charge in [-0.1, -0.05) is 36.2 Å². The normalized spacial score (nSPS) is 16.1. The zero-order valence-corrected chi connectivity index (χ0v) is 19.7. The number of rotatable bonds is 5. The van der Waals surface area contributed by atoms with Crippen molar-refractivity contribution in [2.75, 3.05) is 19.7 Å². The highest BCUT2D eigenvalue weighted by molar-refractivity contribution is 7.07. The quantitative estimate of drug-likeness (QED) is 0.614. The molecule has 9 heteroatoms. The maximum absolute atomic E-state index is 13.1. The number of amides is 1. The Morgan fingerprint density at radius 3 is 2.61 bits per heavy atom. The van der Waals surface area contributed by atoms with Crippen molar-refractivity contribution in [1.82, 2.24) is 9.47 Å². The molecule has 0 N–H and O–H groups in total. The van der Waals surface area contributed by atoms with Crippen LogP contribution in [0.4, 0.5) is 0 Å². The van der Waals surface area contributed by atoms with Gasteiger partial charge in [-0.2, -0.15) is 0 Å². The number of ether oxygens (including phenoxy) is 1. The lowest BCUT2D eigenvalue weighted by atomic mass is 9.99. The Kier molecular flexibility index (Phi) is 7.97. The number of nitrogens with zero attached hydrogens (tertiary/aromatic N) is 2. The molecule has 2 aromatic rings. The summed E-state index contributed by atoms with van der Waals surface area (Å²) >= 11 is 13.3. The van der Waals surface area contributed by atoms with Gasteiger partial charge in [0, 0.05) is 23.1 Å². The van der Waals surface area contributed by atoms with Crippen LogP contribution in [0.15, 0.2) is 23.0 Å².